The fourth-order valence-electron chi connectivity index (χ4n) is 3.89. The van der Waals surface area contributed by atoms with Crippen LogP contribution in [0, 0.1) is 17.0 Å². The zero-order valence-electron chi connectivity index (χ0n) is 20.6. The normalized spacial score (nSPS) is 11.4. The van der Waals surface area contributed by atoms with E-state index >= 15 is 0 Å². The maximum Gasteiger partial charge on any atom is 0.343 e. The van der Waals surface area contributed by atoms with Crippen molar-refractivity contribution in [2.24, 2.45) is 4.99 Å². The van der Waals surface area contributed by atoms with Crippen LogP contribution in [0.4, 0.5) is 11.4 Å². The lowest BCUT2D eigenvalue weighted by atomic mass is 10.1. The van der Waals surface area contributed by atoms with Crippen molar-refractivity contribution in [3.8, 4) is 22.8 Å². The zero-order valence-corrected chi connectivity index (χ0v) is 20.6. The Morgan fingerprint density at radius 1 is 0.868 bits per heavy atom. The number of esters is 1. The van der Waals surface area contributed by atoms with Gasteiger partial charge in [-0.05, 0) is 79.7 Å². The van der Waals surface area contributed by atoms with Gasteiger partial charge in [-0.1, -0.05) is 11.6 Å². The second kappa shape index (κ2) is 10.4. The molecule has 5 aromatic rings. The van der Waals surface area contributed by atoms with Crippen LogP contribution < -0.4 is 14.8 Å². The Labute approximate surface area is 217 Å². The summed E-state index contributed by atoms with van der Waals surface area (Å²) in [6, 6.07) is 27.5. The number of nitrogens with zero attached hydrogens (tertiary/aromatic N) is 2. The van der Waals surface area contributed by atoms with Gasteiger partial charge in [0.05, 0.1) is 28.6 Å². The molecule has 0 spiro atoms. The second-order valence-electron chi connectivity index (χ2n) is 8.52. The molecule has 0 saturated carbocycles. The summed E-state index contributed by atoms with van der Waals surface area (Å²) in [5, 5.41) is 12.4. The van der Waals surface area contributed by atoms with Crippen LogP contribution in [0.25, 0.3) is 22.3 Å². The smallest absolute Gasteiger partial charge is 0.343 e. The van der Waals surface area contributed by atoms with Gasteiger partial charge < -0.3 is 13.9 Å². The third-order valence-electron chi connectivity index (χ3n) is 5.88. The molecule has 38 heavy (non-hydrogen) atoms. The SMILES string of the molecule is COc1ccc(-c2cc(=Nc3ccc(OC(=O)c4ccc([N+](=O)[O-])cc4)cc3)c3cc(C)ccc3o2)cc1. The van der Waals surface area contributed by atoms with Crippen molar-refractivity contribution in [1.29, 1.82) is 0 Å². The molecule has 0 aliphatic rings. The maximum atomic E-state index is 12.4. The first-order valence-electron chi connectivity index (χ1n) is 11.7. The van der Waals surface area contributed by atoms with Crippen LogP contribution in [-0.2, 0) is 0 Å². The molecule has 8 nitrogen and oxygen atoms in total. The molecule has 0 bridgehead atoms. The number of hydrogen-bond donors (Lipinski definition) is 0. The summed E-state index contributed by atoms with van der Waals surface area (Å²) in [6.45, 7) is 2.01. The van der Waals surface area contributed by atoms with Gasteiger partial charge in [-0.3, -0.25) is 10.1 Å². The molecule has 0 aliphatic carbocycles. The minimum atomic E-state index is -0.611. The zero-order chi connectivity index (χ0) is 26.6. The molecule has 0 radical (unpaired) electrons. The largest absolute Gasteiger partial charge is 0.497 e. The highest BCUT2D eigenvalue weighted by Crippen LogP contribution is 2.26. The number of hydrogen-bond acceptors (Lipinski definition) is 7. The molecule has 1 heterocycles. The van der Waals surface area contributed by atoms with Crippen molar-refractivity contribution in [2.45, 2.75) is 6.92 Å². The number of nitro benzene ring substituents is 1. The van der Waals surface area contributed by atoms with Crippen LogP contribution in [0.1, 0.15) is 15.9 Å². The van der Waals surface area contributed by atoms with E-state index in [2.05, 4.69) is 0 Å². The Morgan fingerprint density at radius 2 is 1.55 bits per heavy atom. The predicted molar refractivity (Wildman–Crippen MR) is 143 cm³/mol. The summed E-state index contributed by atoms with van der Waals surface area (Å²) in [5.41, 5.74) is 3.45. The van der Waals surface area contributed by atoms with Gasteiger partial charge in [-0.15, -0.1) is 0 Å². The molecule has 4 aromatic carbocycles. The minimum Gasteiger partial charge on any atom is -0.497 e. The molecule has 0 fully saturated rings. The highest BCUT2D eigenvalue weighted by Gasteiger charge is 2.12. The van der Waals surface area contributed by atoms with Crippen molar-refractivity contribution in [1.82, 2.24) is 0 Å². The Morgan fingerprint density at radius 3 is 2.21 bits per heavy atom. The third-order valence-corrected chi connectivity index (χ3v) is 5.88. The van der Waals surface area contributed by atoms with Gasteiger partial charge in [0, 0.05) is 29.1 Å². The average Bonchev–Trinajstić information content (AvgIpc) is 2.94. The van der Waals surface area contributed by atoms with E-state index in [1.807, 2.05) is 55.5 Å². The van der Waals surface area contributed by atoms with E-state index in [-0.39, 0.29) is 11.3 Å². The Kier molecular flexibility index (Phi) is 6.69. The number of rotatable bonds is 6. The number of methoxy groups -OCH3 is 1. The maximum absolute atomic E-state index is 12.4. The van der Waals surface area contributed by atoms with E-state index in [4.69, 9.17) is 18.9 Å². The van der Waals surface area contributed by atoms with Crippen LogP contribution in [0.3, 0.4) is 0 Å². The van der Waals surface area contributed by atoms with Gasteiger partial charge in [0.2, 0.25) is 0 Å². The molecule has 0 N–H and O–H groups in total. The lowest BCUT2D eigenvalue weighted by Gasteiger charge is -2.07. The van der Waals surface area contributed by atoms with E-state index in [0.717, 1.165) is 27.6 Å². The lowest BCUT2D eigenvalue weighted by Crippen LogP contribution is -2.08. The quantitative estimate of drug-likeness (QED) is 0.109. The molecule has 0 amide bonds. The Bertz CT molecular complexity index is 1700. The van der Waals surface area contributed by atoms with E-state index in [0.29, 0.717) is 22.8 Å². The van der Waals surface area contributed by atoms with Crippen molar-refractivity contribution in [3.05, 3.63) is 124 Å². The molecular formula is C30H22N2O6. The van der Waals surface area contributed by atoms with E-state index < -0.39 is 10.9 Å². The van der Waals surface area contributed by atoms with Gasteiger partial charge in [0.1, 0.15) is 22.8 Å². The minimum absolute atomic E-state index is 0.0981. The van der Waals surface area contributed by atoms with E-state index in [1.54, 1.807) is 31.4 Å². The van der Waals surface area contributed by atoms with Gasteiger partial charge in [0.25, 0.3) is 5.69 Å². The number of nitro groups is 1. The van der Waals surface area contributed by atoms with Crippen molar-refractivity contribution in [3.63, 3.8) is 0 Å². The topological polar surface area (TPSA) is 104 Å². The number of carbonyl (C=O) groups excluding carboxylic acids is 1. The summed E-state index contributed by atoms with van der Waals surface area (Å²) in [7, 11) is 1.62. The average molecular weight is 507 g/mol. The monoisotopic (exact) mass is 506 g/mol. The lowest BCUT2D eigenvalue weighted by molar-refractivity contribution is -0.384. The number of carbonyl (C=O) groups is 1. The van der Waals surface area contributed by atoms with Crippen LogP contribution in [-0.4, -0.2) is 18.0 Å². The molecule has 0 atom stereocenters. The summed E-state index contributed by atoms with van der Waals surface area (Å²) < 4.78 is 16.9. The van der Waals surface area contributed by atoms with Gasteiger partial charge in [-0.2, -0.15) is 0 Å². The standard InChI is InChI=1S/C30H22N2O6/c1-19-3-16-28-26(17-19)27(18-29(38-28)20-6-12-24(36-2)13-7-20)31-22-8-14-25(15-9-22)37-30(33)21-4-10-23(11-5-21)32(34)35/h3-18H,1-2H3. The van der Waals surface area contributed by atoms with E-state index in [9.17, 15) is 14.9 Å². The molecule has 8 heteroatoms. The molecular weight excluding hydrogens is 484 g/mol. The Hall–Kier alpha value is -5.24. The predicted octanol–water partition coefficient (Wildman–Crippen LogP) is 6.78. The Balaban J connectivity index is 1.45. The first-order chi connectivity index (χ1) is 18.4. The fraction of sp³-hybridized carbons (Fsp3) is 0.0667. The van der Waals surface area contributed by atoms with Gasteiger partial charge in [0.15, 0.2) is 0 Å². The van der Waals surface area contributed by atoms with Crippen LogP contribution in [0.15, 0.2) is 106 Å². The molecule has 188 valence electrons. The summed E-state index contributed by atoms with van der Waals surface area (Å²) in [5.74, 6) is 1.13. The van der Waals surface area contributed by atoms with E-state index in [1.165, 1.54) is 24.3 Å². The first-order valence-corrected chi connectivity index (χ1v) is 11.7. The molecule has 5 rings (SSSR count). The van der Waals surface area contributed by atoms with Gasteiger partial charge >= 0.3 is 5.97 Å². The van der Waals surface area contributed by atoms with Crippen molar-refractivity contribution in [2.75, 3.05) is 7.11 Å². The number of benzene rings is 4. The van der Waals surface area contributed by atoms with Crippen LogP contribution >= 0.6 is 0 Å². The molecule has 0 unspecified atom stereocenters. The van der Waals surface area contributed by atoms with Crippen LogP contribution in [0.2, 0.25) is 0 Å². The van der Waals surface area contributed by atoms with Gasteiger partial charge in [-0.25, -0.2) is 9.79 Å². The number of ether oxygens (including phenoxy) is 2. The number of fused-ring (bicyclic) bond motifs is 1. The summed E-state index contributed by atoms with van der Waals surface area (Å²) in [4.78, 5) is 27.6. The third kappa shape index (κ3) is 5.29. The second-order valence-corrected chi connectivity index (χ2v) is 8.52. The summed E-state index contributed by atoms with van der Waals surface area (Å²) >= 11 is 0. The highest BCUT2D eigenvalue weighted by atomic mass is 16.6. The first kappa shape index (κ1) is 24.5. The molecule has 1 aromatic heterocycles. The number of non-ortho nitro benzene ring substituents is 1. The van der Waals surface area contributed by atoms with Crippen molar-refractivity contribution < 1.29 is 23.6 Å². The van der Waals surface area contributed by atoms with Crippen LogP contribution in [0.5, 0.6) is 11.5 Å². The molecule has 0 saturated heterocycles. The fourth-order valence-corrected chi connectivity index (χ4v) is 3.89. The summed E-state index contributed by atoms with van der Waals surface area (Å²) in [6.07, 6.45) is 0. The molecule has 0 aliphatic heterocycles. The number of aryl methyl sites for hydroxylation is 1. The van der Waals surface area contributed by atoms with Crippen molar-refractivity contribution >= 4 is 28.3 Å². The highest BCUT2D eigenvalue weighted by molar-refractivity contribution is 5.91.